The number of ether oxygens (including phenoxy) is 1. The van der Waals surface area contributed by atoms with Gasteiger partial charge in [-0.1, -0.05) is 0 Å². The van der Waals surface area contributed by atoms with Crippen molar-refractivity contribution >= 4 is 17.5 Å². The van der Waals surface area contributed by atoms with Crippen molar-refractivity contribution in [3.8, 4) is 0 Å². The highest BCUT2D eigenvalue weighted by molar-refractivity contribution is 5.88. The van der Waals surface area contributed by atoms with Crippen molar-refractivity contribution in [2.75, 3.05) is 17.2 Å². The van der Waals surface area contributed by atoms with E-state index in [-0.39, 0.29) is 11.8 Å². The molecule has 1 aliphatic rings. The van der Waals surface area contributed by atoms with Crippen molar-refractivity contribution in [1.82, 2.24) is 0 Å². The minimum atomic E-state index is -0.512. The number of hydrogen-bond acceptors (Lipinski definition) is 3. The lowest BCUT2D eigenvalue weighted by Crippen LogP contribution is -2.41. The third-order valence-electron chi connectivity index (χ3n) is 2.54. The summed E-state index contributed by atoms with van der Waals surface area (Å²) in [5.41, 5.74) is 5.99. The molecule has 1 saturated heterocycles. The minimum absolute atomic E-state index is 0.111. The summed E-state index contributed by atoms with van der Waals surface area (Å²) >= 11 is 0. The van der Waals surface area contributed by atoms with Gasteiger partial charge in [0.2, 0.25) is 0 Å². The summed E-state index contributed by atoms with van der Waals surface area (Å²) in [5.74, 6) is -0.508. The van der Waals surface area contributed by atoms with Crippen molar-refractivity contribution in [2.24, 2.45) is 0 Å². The van der Waals surface area contributed by atoms with Crippen LogP contribution in [-0.2, 0) is 4.74 Å². The van der Waals surface area contributed by atoms with Gasteiger partial charge in [-0.2, -0.15) is 0 Å². The Hall–Kier alpha value is -1.78. The number of nitrogens with two attached hydrogens (primary N) is 1. The predicted octanol–water partition coefficient (Wildman–Crippen LogP) is 2.14. The van der Waals surface area contributed by atoms with Crippen LogP contribution in [0.25, 0.3) is 0 Å². The van der Waals surface area contributed by atoms with Gasteiger partial charge in [-0.15, -0.1) is 0 Å². The van der Waals surface area contributed by atoms with Crippen LogP contribution < -0.4 is 10.6 Å². The molecule has 1 amide bonds. The number of carbonyl (C=O) groups is 1. The Balaban J connectivity index is 2.27. The Bertz CT molecular complexity index is 422. The Labute approximate surface area is 92.8 Å². The molecule has 2 N–H and O–H groups in total. The smallest absolute Gasteiger partial charge is 0.414 e. The first kappa shape index (κ1) is 10.7. The van der Waals surface area contributed by atoms with Gasteiger partial charge in [0, 0.05) is 18.7 Å². The zero-order valence-corrected chi connectivity index (χ0v) is 8.94. The highest BCUT2D eigenvalue weighted by Crippen LogP contribution is 2.25. The van der Waals surface area contributed by atoms with E-state index in [1.165, 1.54) is 17.0 Å². The molecule has 1 aromatic rings. The molecule has 1 heterocycles. The number of anilines is 2. The Morgan fingerprint density at radius 3 is 2.94 bits per heavy atom. The molecule has 0 saturated carbocycles. The van der Waals surface area contributed by atoms with Crippen molar-refractivity contribution in [3.05, 3.63) is 24.0 Å². The van der Waals surface area contributed by atoms with E-state index in [2.05, 4.69) is 0 Å². The van der Waals surface area contributed by atoms with Crippen molar-refractivity contribution in [3.63, 3.8) is 0 Å². The van der Waals surface area contributed by atoms with E-state index in [1.807, 2.05) is 6.92 Å². The number of amides is 1. The van der Waals surface area contributed by atoms with Crippen LogP contribution in [0.2, 0.25) is 0 Å². The fraction of sp³-hybridized carbons (Fsp3) is 0.364. The number of nitrogens with zero attached hydrogens (tertiary/aromatic N) is 1. The van der Waals surface area contributed by atoms with E-state index in [4.69, 9.17) is 10.5 Å². The van der Waals surface area contributed by atoms with Crippen LogP contribution in [0, 0.1) is 5.82 Å². The predicted molar refractivity (Wildman–Crippen MR) is 58.7 cm³/mol. The number of hydrogen-bond donors (Lipinski definition) is 1. The maximum Gasteiger partial charge on any atom is 0.414 e. The van der Waals surface area contributed by atoms with E-state index >= 15 is 0 Å². The Kier molecular flexibility index (Phi) is 2.68. The first-order valence-electron chi connectivity index (χ1n) is 5.11. The molecule has 16 heavy (non-hydrogen) atoms. The van der Waals surface area contributed by atoms with Crippen molar-refractivity contribution in [1.29, 1.82) is 0 Å². The average Bonchev–Trinajstić information content (AvgIpc) is 2.19. The normalized spacial score (nSPS) is 20.8. The number of benzene rings is 1. The summed E-state index contributed by atoms with van der Waals surface area (Å²) < 4.78 is 18.6. The van der Waals surface area contributed by atoms with Gasteiger partial charge in [-0.25, -0.2) is 9.18 Å². The van der Waals surface area contributed by atoms with Crippen LogP contribution in [0.5, 0.6) is 0 Å². The van der Waals surface area contributed by atoms with Crippen LogP contribution in [-0.4, -0.2) is 18.7 Å². The summed E-state index contributed by atoms with van der Waals surface area (Å²) in [6, 6.07) is 4.24. The van der Waals surface area contributed by atoms with Gasteiger partial charge in [-0.05, 0) is 25.1 Å². The molecule has 86 valence electrons. The minimum Gasteiger partial charge on any atom is -0.446 e. The van der Waals surface area contributed by atoms with E-state index in [0.717, 1.165) is 0 Å². The molecule has 4 nitrogen and oxygen atoms in total. The lowest BCUT2D eigenvalue weighted by Gasteiger charge is -2.30. The SMILES string of the molecule is CC1CCN(c2ccc(N)cc2F)C(=O)O1. The monoisotopic (exact) mass is 224 g/mol. The quantitative estimate of drug-likeness (QED) is 0.743. The fourth-order valence-corrected chi connectivity index (χ4v) is 1.66. The van der Waals surface area contributed by atoms with Crippen LogP contribution in [0.3, 0.4) is 0 Å². The van der Waals surface area contributed by atoms with Crippen molar-refractivity contribution in [2.45, 2.75) is 19.4 Å². The van der Waals surface area contributed by atoms with E-state index < -0.39 is 11.9 Å². The molecule has 0 aliphatic carbocycles. The maximum absolute atomic E-state index is 13.6. The second-order valence-corrected chi connectivity index (χ2v) is 3.85. The Morgan fingerprint density at radius 2 is 2.31 bits per heavy atom. The number of halogens is 1. The number of rotatable bonds is 1. The van der Waals surface area contributed by atoms with E-state index in [9.17, 15) is 9.18 Å². The zero-order chi connectivity index (χ0) is 11.7. The molecule has 0 bridgehead atoms. The molecule has 1 unspecified atom stereocenters. The largest absolute Gasteiger partial charge is 0.446 e. The second kappa shape index (κ2) is 4.00. The summed E-state index contributed by atoms with van der Waals surface area (Å²) in [6.45, 7) is 2.27. The number of cyclic esters (lactones) is 1. The molecule has 1 atom stereocenters. The molecule has 0 radical (unpaired) electrons. The van der Waals surface area contributed by atoms with Crippen LogP contribution in [0.15, 0.2) is 18.2 Å². The number of nitrogen functional groups attached to an aromatic ring is 1. The first-order valence-corrected chi connectivity index (χ1v) is 5.11. The van der Waals surface area contributed by atoms with Gasteiger partial charge in [0.05, 0.1) is 5.69 Å². The third kappa shape index (κ3) is 1.93. The second-order valence-electron chi connectivity index (χ2n) is 3.85. The number of carbonyl (C=O) groups excluding carboxylic acids is 1. The van der Waals surface area contributed by atoms with E-state index in [1.54, 1.807) is 6.07 Å². The van der Waals surface area contributed by atoms with Crippen molar-refractivity contribution < 1.29 is 13.9 Å². The summed E-state index contributed by atoms with van der Waals surface area (Å²) in [5, 5.41) is 0. The Morgan fingerprint density at radius 1 is 1.56 bits per heavy atom. The lowest BCUT2D eigenvalue weighted by molar-refractivity contribution is 0.0941. The molecule has 0 aromatic heterocycles. The molecule has 1 fully saturated rings. The average molecular weight is 224 g/mol. The van der Waals surface area contributed by atoms with Crippen LogP contribution >= 0.6 is 0 Å². The molecule has 0 spiro atoms. The third-order valence-corrected chi connectivity index (χ3v) is 2.54. The molecule has 1 aromatic carbocycles. The van der Waals surface area contributed by atoms with Gasteiger partial charge in [-0.3, -0.25) is 4.90 Å². The molecular weight excluding hydrogens is 211 g/mol. The zero-order valence-electron chi connectivity index (χ0n) is 8.94. The highest BCUT2D eigenvalue weighted by atomic mass is 19.1. The van der Waals surface area contributed by atoms with Gasteiger partial charge >= 0.3 is 6.09 Å². The van der Waals surface area contributed by atoms with Gasteiger partial charge in [0.15, 0.2) is 0 Å². The molecule has 5 heteroatoms. The summed E-state index contributed by atoms with van der Waals surface area (Å²) in [7, 11) is 0. The molecule has 1 aliphatic heterocycles. The summed E-state index contributed by atoms with van der Waals surface area (Å²) in [4.78, 5) is 12.8. The van der Waals surface area contributed by atoms with E-state index in [0.29, 0.717) is 18.7 Å². The maximum atomic E-state index is 13.6. The fourth-order valence-electron chi connectivity index (χ4n) is 1.66. The van der Waals surface area contributed by atoms with Crippen LogP contribution in [0.1, 0.15) is 13.3 Å². The van der Waals surface area contributed by atoms with Crippen LogP contribution in [0.4, 0.5) is 20.6 Å². The van der Waals surface area contributed by atoms with Gasteiger partial charge < -0.3 is 10.5 Å². The highest BCUT2D eigenvalue weighted by Gasteiger charge is 2.27. The molecular formula is C11H13FN2O2. The molecule has 2 rings (SSSR count). The van der Waals surface area contributed by atoms with Gasteiger partial charge in [0.1, 0.15) is 11.9 Å². The summed E-state index contributed by atoms with van der Waals surface area (Å²) in [6.07, 6.45) is 0.0678. The first-order chi connectivity index (χ1) is 7.58. The van der Waals surface area contributed by atoms with Gasteiger partial charge in [0.25, 0.3) is 0 Å². The lowest BCUT2D eigenvalue weighted by atomic mass is 10.2. The topological polar surface area (TPSA) is 55.6 Å². The standard InChI is InChI=1S/C11H13FN2O2/c1-7-4-5-14(11(15)16-7)10-3-2-8(13)6-9(10)12/h2-3,6-7H,4-5,13H2,1H3.